The molecule has 9 nitrogen and oxygen atoms in total. The molecule has 1 saturated carbocycles. The predicted octanol–water partition coefficient (Wildman–Crippen LogP) is 3.41. The Balaban J connectivity index is 2.16. The lowest BCUT2D eigenvalue weighted by Crippen LogP contribution is -2.31. The van der Waals surface area contributed by atoms with Crippen LogP contribution in [0.15, 0.2) is 11.6 Å². The molecular weight excluding hydrogens is 370 g/mol. The minimum absolute atomic E-state index is 0.0363. The second kappa shape index (κ2) is 7.46. The van der Waals surface area contributed by atoms with Gasteiger partial charge in [-0.25, -0.2) is 19.7 Å². The van der Waals surface area contributed by atoms with Crippen LogP contribution in [0, 0.1) is 11.3 Å². The summed E-state index contributed by atoms with van der Waals surface area (Å²) >= 11 is 0. The normalized spacial score (nSPS) is 16.5. The van der Waals surface area contributed by atoms with Gasteiger partial charge in [-0.2, -0.15) is 4.99 Å². The minimum Gasteiger partial charge on any atom is -0.463 e. The lowest BCUT2D eigenvalue weighted by atomic mass is 9.80. The molecule has 0 saturated heterocycles. The highest BCUT2D eigenvalue weighted by atomic mass is 16.4. The molecule has 156 valence electrons. The molecule has 1 atom stereocenters. The zero-order valence-corrected chi connectivity index (χ0v) is 17.7. The summed E-state index contributed by atoms with van der Waals surface area (Å²) in [6.07, 6.45) is 2.19. The van der Waals surface area contributed by atoms with Crippen LogP contribution in [-0.4, -0.2) is 42.6 Å². The van der Waals surface area contributed by atoms with E-state index in [0.717, 1.165) is 11.1 Å². The SMILES string of the molecule is C=C(c1nc2nc(/C(N)=N/C(=O)O)nc(N[C@H](C)C3CCC3)c2n1C)C(C)(C)C. The van der Waals surface area contributed by atoms with Crippen molar-refractivity contribution < 1.29 is 9.90 Å². The summed E-state index contributed by atoms with van der Waals surface area (Å²) in [5.74, 6) is 1.61. The number of imidazole rings is 1. The topological polar surface area (TPSA) is 131 Å². The number of amidine groups is 1. The summed E-state index contributed by atoms with van der Waals surface area (Å²) in [5.41, 5.74) is 7.66. The Hall–Kier alpha value is -2.97. The van der Waals surface area contributed by atoms with Crippen molar-refractivity contribution in [2.45, 2.75) is 53.0 Å². The van der Waals surface area contributed by atoms with Gasteiger partial charge >= 0.3 is 6.09 Å². The first-order valence-electron chi connectivity index (χ1n) is 9.77. The van der Waals surface area contributed by atoms with E-state index in [2.05, 4.69) is 59.5 Å². The van der Waals surface area contributed by atoms with Crippen LogP contribution in [-0.2, 0) is 7.05 Å². The van der Waals surface area contributed by atoms with Crippen molar-refractivity contribution in [3.05, 3.63) is 18.2 Å². The number of rotatable bonds is 5. The van der Waals surface area contributed by atoms with Crippen molar-refractivity contribution in [2.24, 2.45) is 29.1 Å². The van der Waals surface area contributed by atoms with Crippen molar-refractivity contribution in [3.63, 3.8) is 0 Å². The van der Waals surface area contributed by atoms with Crippen LogP contribution in [0.2, 0.25) is 0 Å². The summed E-state index contributed by atoms with van der Waals surface area (Å²) in [6, 6.07) is 0.205. The summed E-state index contributed by atoms with van der Waals surface area (Å²) < 4.78 is 1.92. The number of hydrogen-bond donors (Lipinski definition) is 3. The number of nitrogens with two attached hydrogens (primary N) is 1. The van der Waals surface area contributed by atoms with Crippen molar-refractivity contribution in [3.8, 4) is 0 Å². The average molecular weight is 399 g/mol. The van der Waals surface area contributed by atoms with Gasteiger partial charge in [-0.1, -0.05) is 33.8 Å². The molecule has 0 radical (unpaired) electrons. The van der Waals surface area contributed by atoms with E-state index in [1.807, 2.05) is 11.6 Å². The number of hydrogen-bond acceptors (Lipinski definition) is 5. The monoisotopic (exact) mass is 399 g/mol. The number of allylic oxidation sites excluding steroid dienone is 1. The lowest BCUT2D eigenvalue weighted by Gasteiger charge is -2.32. The van der Waals surface area contributed by atoms with Gasteiger partial charge in [-0.15, -0.1) is 0 Å². The Kier molecular flexibility index (Phi) is 5.34. The highest BCUT2D eigenvalue weighted by molar-refractivity contribution is 6.01. The first-order chi connectivity index (χ1) is 13.5. The molecule has 0 aliphatic heterocycles. The van der Waals surface area contributed by atoms with Gasteiger partial charge < -0.3 is 20.7 Å². The van der Waals surface area contributed by atoms with E-state index in [0.29, 0.717) is 23.2 Å². The van der Waals surface area contributed by atoms with E-state index < -0.39 is 6.09 Å². The first kappa shape index (κ1) is 20.8. The van der Waals surface area contributed by atoms with E-state index >= 15 is 0 Å². The maximum Gasteiger partial charge on any atom is 0.433 e. The summed E-state index contributed by atoms with van der Waals surface area (Å²) in [4.78, 5) is 27.8. The fourth-order valence-electron chi connectivity index (χ4n) is 3.36. The maximum atomic E-state index is 10.9. The molecule has 0 bridgehead atoms. The molecular formula is C20H29N7O2. The molecule has 0 spiro atoms. The smallest absolute Gasteiger partial charge is 0.433 e. The second-order valence-electron chi connectivity index (χ2n) is 8.69. The van der Waals surface area contributed by atoms with Crippen LogP contribution < -0.4 is 11.1 Å². The van der Waals surface area contributed by atoms with Gasteiger partial charge in [0.1, 0.15) is 11.3 Å². The van der Waals surface area contributed by atoms with Crippen molar-refractivity contribution in [1.82, 2.24) is 19.5 Å². The number of carboxylic acid groups (broad SMARTS) is 1. The Morgan fingerprint density at radius 1 is 1.34 bits per heavy atom. The van der Waals surface area contributed by atoms with Gasteiger partial charge in [-0.3, -0.25) is 0 Å². The summed E-state index contributed by atoms with van der Waals surface area (Å²) in [6.45, 7) is 12.5. The fraction of sp³-hybridized carbons (Fsp3) is 0.550. The number of aliphatic imine (C=N–C) groups is 1. The Bertz CT molecular complexity index is 996. The zero-order valence-electron chi connectivity index (χ0n) is 17.7. The third-order valence-electron chi connectivity index (χ3n) is 5.57. The molecule has 1 aliphatic carbocycles. The molecule has 2 aromatic heterocycles. The van der Waals surface area contributed by atoms with Gasteiger partial charge in [-0.05, 0) is 36.7 Å². The molecule has 2 heterocycles. The Labute approximate surface area is 170 Å². The third-order valence-corrected chi connectivity index (χ3v) is 5.57. The maximum absolute atomic E-state index is 10.9. The van der Waals surface area contributed by atoms with E-state index in [1.54, 1.807) is 0 Å². The van der Waals surface area contributed by atoms with Crippen LogP contribution in [0.25, 0.3) is 16.7 Å². The van der Waals surface area contributed by atoms with Gasteiger partial charge in [0.15, 0.2) is 23.1 Å². The van der Waals surface area contributed by atoms with Crippen LogP contribution in [0.5, 0.6) is 0 Å². The molecule has 0 unspecified atom stereocenters. The molecule has 29 heavy (non-hydrogen) atoms. The van der Waals surface area contributed by atoms with Gasteiger partial charge in [0, 0.05) is 13.1 Å². The molecule has 4 N–H and O–H groups in total. The summed E-state index contributed by atoms with van der Waals surface area (Å²) in [5, 5.41) is 12.4. The molecule has 0 aromatic carbocycles. The number of nitrogens with one attached hydrogen (secondary N) is 1. The number of anilines is 1. The van der Waals surface area contributed by atoms with Crippen LogP contribution >= 0.6 is 0 Å². The average Bonchev–Trinajstić information content (AvgIpc) is 2.87. The molecule has 1 amide bonds. The van der Waals surface area contributed by atoms with E-state index in [-0.39, 0.29) is 23.1 Å². The summed E-state index contributed by atoms with van der Waals surface area (Å²) in [7, 11) is 1.90. The molecule has 1 aliphatic rings. The number of fused-ring (bicyclic) bond motifs is 1. The number of nitrogens with zero attached hydrogens (tertiary/aromatic N) is 5. The Morgan fingerprint density at radius 3 is 2.52 bits per heavy atom. The van der Waals surface area contributed by atoms with Crippen molar-refractivity contribution >= 4 is 34.5 Å². The standard InChI is InChI=1S/C20H29N7O2/c1-10(20(3,4)5)18-26-16-13(27(18)6)15(22-11(2)12-8-7-9-12)24-17(25-16)14(21)23-19(28)29/h11-12H,1,7-9H2,2-6H3,(H2,21,23)(H,28,29)(H,22,24,25)/t11-/m1/s1. The number of aryl methyl sites for hydroxylation is 1. The van der Waals surface area contributed by atoms with E-state index in [9.17, 15) is 4.79 Å². The molecule has 3 rings (SSSR count). The molecule has 1 fully saturated rings. The molecule has 9 heteroatoms. The number of carbonyl (C=O) groups is 1. The fourth-order valence-corrected chi connectivity index (χ4v) is 3.36. The predicted molar refractivity (Wildman–Crippen MR) is 114 cm³/mol. The van der Waals surface area contributed by atoms with Crippen LogP contribution in [0.1, 0.15) is 58.6 Å². The molecule has 2 aromatic rings. The van der Waals surface area contributed by atoms with Gasteiger partial charge in [0.05, 0.1) is 0 Å². The van der Waals surface area contributed by atoms with Crippen LogP contribution in [0.4, 0.5) is 10.6 Å². The van der Waals surface area contributed by atoms with E-state index in [1.165, 1.54) is 19.3 Å². The highest BCUT2D eigenvalue weighted by Crippen LogP contribution is 2.35. The highest BCUT2D eigenvalue weighted by Gasteiger charge is 2.28. The van der Waals surface area contributed by atoms with E-state index in [4.69, 9.17) is 10.8 Å². The zero-order chi connectivity index (χ0) is 21.5. The number of aromatic nitrogens is 4. The van der Waals surface area contributed by atoms with Crippen molar-refractivity contribution in [2.75, 3.05) is 5.32 Å². The van der Waals surface area contributed by atoms with Gasteiger partial charge in [0.2, 0.25) is 0 Å². The van der Waals surface area contributed by atoms with Crippen molar-refractivity contribution in [1.29, 1.82) is 0 Å². The quantitative estimate of drug-likeness (QED) is 0.518. The van der Waals surface area contributed by atoms with Crippen LogP contribution in [0.3, 0.4) is 0 Å². The first-order valence-corrected chi connectivity index (χ1v) is 9.77. The Morgan fingerprint density at radius 2 is 2.00 bits per heavy atom. The van der Waals surface area contributed by atoms with Gasteiger partial charge in [0.25, 0.3) is 0 Å². The lowest BCUT2D eigenvalue weighted by molar-refractivity contribution is 0.205. The number of amides is 1. The largest absolute Gasteiger partial charge is 0.463 e. The minimum atomic E-state index is -1.40. The third kappa shape index (κ3) is 4.08. The second-order valence-corrected chi connectivity index (χ2v) is 8.69.